The molecule has 1 atom stereocenters. The predicted octanol–water partition coefficient (Wildman–Crippen LogP) is 1.90. The van der Waals surface area contributed by atoms with E-state index in [0.29, 0.717) is 24.7 Å². The second-order valence-corrected chi connectivity index (χ2v) is 8.48. The average molecular weight is 386 g/mol. The number of amides is 2. The Bertz CT molecular complexity index is 715. The number of aromatic nitrogens is 2. The third-order valence-corrected chi connectivity index (χ3v) is 6.51. The smallest absolute Gasteiger partial charge is 0.272 e. The molecular weight excluding hydrogens is 354 g/mol. The summed E-state index contributed by atoms with van der Waals surface area (Å²) in [5.74, 6) is 1.43. The molecule has 152 valence electrons. The van der Waals surface area contributed by atoms with Crippen molar-refractivity contribution in [2.24, 2.45) is 0 Å². The maximum Gasteiger partial charge on any atom is 0.272 e. The molecule has 2 saturated heterocycles. The molecule has 1 aliphatic carbocycles. The van der Waals surface area contributed by atoms with Crippen LogP contribution in [0.5, 0.6) is 0 Å². The molecular formula is C21H31N5O2. The van der Waals surface area contributed by atoms with Crippen LogP contribution in [0.15, 0.2) is 12.3 Å². The van der Waals surface area contributed by atoms with Crippen molar-refractivity contribution in [1.82, 2.24) is 24.7 Å². The second kappa shape index (κ2) is 8.55. The van der Waals surface area contributed by atoms with Gasteiger partial charge in [-0.1, -0.05) is 12.8 Å². The highest BCUT2D eigenvalue weighted by Crippen LogP contribution is 2.32. The molecule has 3 fully saturated rings. The van der Waals surface area contributed by atoms with Gasteiger partial charge in [-0.15, -0.1) is 0 Å². The first kappa shape index (κ1) is 19.3. The summed E-state index contributed by atoms with van der Waals surface area (Å²) in [7, 11) is 2.00. The van der Waals surface area contributed by atoms with E-state index in [1.807, 2.05) is 16.8 Å². The maximum atomic E-state index is 13.1. The normalized spacial score (nSPS) is 23.1. The van der Waals surface area contributed by atoms with Crippen LogP contribution in [0, 0.1) is 0 Å². The fraction of sp³-hybridized carbons (Fsp3) is 0.714. The molecule has 7 nitrogen and oxygen atoms in total. The van der Waals surface area contributed by atoms with Crippen LogP contribution < -0.4 is 0 Å². The van der Waals surface area contributed by atoms with E-state index in [0.717, 1.165) is 57.6 Å². The van der Waals surface area contributed by atoms with Crippen molar-refractivity contribution in [1.29, 1.82) is 0 Å². The molecule has 0 radical (unpaired) electrons. The number of rotatable bonds is 5. The highest BCUT2D eigenvalue weighted by Gasteiger charge is 2.30. The van der Waals surface area contributed by atoms with Gasteiger partial charge in [0.25, 0.3) is 5.91 Å². The zero-order chi connectivity index (χ0) is 19.5. The van der Waals surface area contributed by atoms with Crippen molar-refractivity contribution in [2.75, 3.05) is 39.8 Å². The standard InChI is InChI=1S/C21H31N5O2/c1-24(15-19(27)25-12-5-13-25)17-8-4-11-26(14-17)21(28)18-9-10-22-20(23-18)16-6-2-3-7-16/h9-10,16-17H,2-8,11-15H2,1H3. The van der Waals surface area contributed by atoms with Gasteiger partial charge in [0.1, 0.15) is 11.5 Å². The van der Waals surface area contributed by atoms with Crippen LogP contribution in [-0.2, 0) is 4.79 Å². The minimum atomic E-state index is -0.00573. The second-order valence-electron chi connectivity index (χ2n) is 8.48. The van der Waals surface area contributed by atoms with Gasteiger partial charge in [-0.25, -0.2) is 9.97 Å². The van der Waals surface area contributed by atoms with Crippen LogP contribution in [0.25, 0.3) is 0 Å². The topological polar surface area (TPSA) is 69.6 Å². The Labute approximate surface area is 167 Å². The summed E-state index contributed by atoms with van der Waals surface area (Å²) >= 11 is 0. The molecule has 7 heteroatoms. The number of nitrogens with zero attached hydrogens (tertiary/aromatic N) is 5. The quantitative estimate of drug-likeness (QED) is 0.774. The predicted molar refractivity (Wildman–Crippen MR) is 106 cm³/mol. The summed E-state index contributed by atoms with van der Waals surface area (Å²) in [6.07, 6.45) is 9.52. The fourth-order valence-electron chi connectivity index (χ4n) is 4.54. The summed E-state index contributed by atoms with van der Waals surface area (Å²) in [5, 5.41) is 0. The highest BCUT2D eigenvalue weighted by molar-refractivity contribution is 5.92. The third kappa shape index (κ3) is 4.19. The Balaban J connectivity index is 1.37. The van der Waals surface area contributed by atoms with E-state index in [2.05, 4.69) is 14.9 Å². The van der Waals surface area contributed by atoms with Gasteiger partial charge in [0, 0.05) is 44.3 Å². The monoisotopic (exact) mass is 385 g/mol. The van der Waals surface area contributed by atoms with E-state index < -0.39 is 0 Å². The number of piperidine rings is 1. The van der Waals surface area contributed by atoms with E-state index in [4.69, 9.17) is 0 Å². The fourth-order valence-corrected chi connectivity index (χ4v) is 4.54. The summed E-state index contributed by atoms with van der Waals surface area (Å²) in [6.45, 7) is 3.63. The summed E-state index contributed by atoms with van der Waals surface area (Å²) in [6, 6.07) is 1.96. The molecule has 2 amide bonds. The van der Waals surface area contributed by atoms with Crippen LogP contribution in [-0.4, -0.2) is 82.3 Å². The molecule has 3 heterocycles. The lowest BCUT2D eigenvalue weighted by Gasteiger charge is -2.39. The molecule has 0 bridgehead atoms. The Morgan fingerprint density at radius 1 is 1.07 bits per heavy atom. The van der Waals surface area contributed by atoms with Crippen molar-refractivity contribution in [3.05, 3.63) is 23.8 Å². The van der Waals surface area contributed by atoms with Gasteiger partial charge in [0.15, 0.2) is 0 Å². The summed E-state index contributed by atoms with van der Waals surface area (Å²) < 4.78 is 0. The van der Waals surface area contributed by atoms with Crippen LogP contribution in [0.4, 0.5) is 0 Å². The van der Waals surface area contributed by atoms with E-state index in [1.165, 1.54) is 12.8 Å². The molecule has 1 unspecified atom stereocenters. The number of carbonyl (C=O) groups is 2. The molecule has 2 aliphatic heterocycles. The van der Waals surface area contributed by atoms with Crippen molar-refractivity contribution >= 4 is 11.8 Å². The maximum absolute atomic E-state index is 13.1. The van der Waals surface area contributed by atoms with Crippen molar-refractivity contribution in [3.8, 4) is 0 Å². The van der Waals surface area contributed by atoms with Crippen molar-refractivity contribution < 1.29 is 9.59 Å². The molecule has 1 aromatic heterocycles. The lowest BCUT2D eigenvalue weighted by molar-refractivity contribution is -0.136. The Morgan fingerprint density at radius 3 is 2.54 bits per heavy atom. The number of carbonyl (C=O) groups excluding carboxylic acids is 2. The highest BCUT2D eigenvalue weighted by atomic mass is 16.2. The van der Waals surface area contributed by atoms with Crippen molar-refractivity contribution in [3.63, 3.8) is 0 Å². The summed E-state index contributed by atoms with van der Waals surface area (Å²) in [5.41, 5.74) is 0.511. The molecule has 0 aromatic carbocycles. The molecule has 1 aromatic rings. The Hall–Kier alpha value is -2.02. The summed E-state index contributed by atoms with van der Waals surface area (Å²) in [4.78, 5) is 40.3. The van der Waals surface area contributed by atoms with E-state index in [1.54, 1.807) is 12.3 Å². The number of likely N-dealkylation sites (tertiary alicyclic amines) is 2. The average Bonchev–Trinajstić information content (AvgIpc) is 3.21. The molecule has 4 rings (SSSR count). The molecule has 0 N–H and O–H groups in total. The molecule has 1 saturated carbocycles. The minimum Gasteiger partial charge on any atom is -0.341 e. The molecule has 3 aliphatic rings. The van der Waals surface area contributed by atoms with Gasteiger partial charge in [-0.05, 0) is 45.2 Å². The SMILES string of the molecule is CN(CC(=O)N1CCC1)C1CCCN(C(=O)c2ccnc(C3CCCC3)n2)C1. The van der Waals surface area contributed by atoms with Gasteiger partial charge in [0.2, 0.25) is 5.91 Å². The Morgan fingerprint density at radius 2 is 1.82 bits per heavy atom. The zero-order valence-corrected chi connectivity index (χ0v) is 16.8. The van der Waals surface area contributed by atoms with Crippen LogP contribution in [0.3, 0.4) is 0 Å². The molecule has 28 heavy (non-hydrogen) atoms. The lowest BCUT2D eigenvalue weighted by atomic mass is 10.0. The molecule has 0 spiro atoms. The first-order valence-electron chi connectivity index (χ1n) is 10.7. The largest absolute Gasteiger partial charge is 0.341 e. The van der Waals surface area contributed by atoms with Crippen LogP contribution in [0.1, 0.15) is 67.2 Å². The van der Waals surface area contributed by atoms with E-state index in [9.17, 15) is 9.59 Å². The van der Waals surface area contributed by atoms with Gasteiger partial charge >= 0.3 is 0 Å². The third-order valence-electron chi connectivity index (χ3n) is 6.51. The number of hydrogen-bond acceptors (Lipinski definition) is 5. The van der Waals surface area contributed by atoms with Crippen LogP contribution in [0.2, 0.25) is 0 Å². The van der Waals surface area contributed by atoms with E-state index in [-0.39, 0.29) is 17.9 Å². The zero-order valence-electron chi connectivity index (χ0n) is 16.8. The minimum absolute atomic E-state index is 0.00573. The first-order chi connectivity index (χ1) is 13.6. The van der Waals surface area contributed by atoms with Crippen molar-refractivity contribution in [2.45, 2.75) is 56.9 Å². The lowest BCUT2D eigenvalue weighted by Crippen LogP contribution is -2.52. The van der Waals surface area contributed by atoms with Gasteiger partial charge < -0.3 is 9.80 Å². The van der Waals surface area contributed by atoms with E-state index >= 15 is 0 Å². The van der Waals surface area contributed by atoms with Crippen LogP contribution >= 0.6 is 0 Å². The van der Waals surface area contributed by atoms with Gasteiger partial charge in [-0.3, -0.25) is 14.5 Å². The van der Waals surface area contributed by atoms with Gasteiger partial charge in [-0.2, -0.15) is 0 Å². The Kier molecular flexibility index (Phi) is 5.90. The number of likely N-dealkylation sites (N-methyl/N-ethyl adjacent to an activating group) is 1. The van der Waals surface area contributed by atoms with Gasteiger partial charge in [0.05, 0.1) is 6.54 Å². The number of hydrogen-bond donors (Lipinski definition) is 0. The first-order valence-corrected chi connectivity index (χ1v) is 10.7.